The summed E-state index contributed by atoms with van der Waals surface area (Å²) in [4.78, 5) is 28.1. The van der Waals surface area contributed by atoms with Crippen molar-refractivity contribution in [1.82, 2.24) is 5.32 Å². The quantitative estimate of drug-likeness (QED) is 0.503. The minimum atomic E-state index is -0.0313. The van der Waals surface area contributed by atoms with Gasteiger partial charge in [0.25, 0.3) is 11.8 Å². The molecule has 0 aromatic heterocycles. The third kappa shape index (κ3) is 6.30. The lowest BCUT2D eigenvalue weighted by Gasteiger charge is -2.36. The molecule has 0 bridgehead atoms. The highest BCUT2D eigenvalue weighted by Crippen LogP contribution is 2.29. The number of hydrogen-bond donors (Lipinski definition) is 4. The van der Waals surface area contributed by atoms with Gasteiger partial charge in [-0.2, -0.15) is 0 Å². The molecule has 1 aliphatic carbocycles. The molecule has 1 saturated carbocycles. The summed E-state index contributed by atoms with van der Waals surface area (Å²) in [6.07, 6.45) is 4.50. The SMILES string of the molecule is CCc1ccccc1NC(=O)C[NH+]1CC[NH+]([C@@H](C)C(=O)N[C@H]2CCC[C@H](C)[C@@H]2C)CC1. The molecular weight excluding hydrogens is 388 g/mol. The van der Waals surface area contributed by atoms with Gasteiger partial charge in [0.05, 0.1) is 0 Å². The third-order valence-corrected chi connectivity index (χ3v) is 7.72. The van der Waals surface area contributed by atoms with Crippen LogP contribution in [0.4, 0.5) is 5.69 Å². The zero-order chi connectivity index (χ0) is 22.4. The van der Waals surface area contributed by atoms with Crippen molar-refractivity contribution in [3.63, 3.8) is 0 Å². The first kappa shape index (κ1) is 23.7. The van der Waals surface area contributed by atoms with Gasteiger partial charge < -0.3 is 20.4 Å². The number of benzene rings is 1. The van der Waals surface area contributed by atoms with Crippen molar-refractivity contribution >= 4 is 17.5 Å². The summed E-state index contributed by atoms with van der Waals surface area (Å²) in [6.45, 7) is 12.9. The highest BCUT2D eigenvalue weighted by Gasteiger charge is 2.34. The van der Waals surface area contributed by atoms with E-state index in [4.69, 9.17) is 0 Å². The van der Waals surface area contributed by atoms with Crippen LogP contribution in [-0.2, 0) is 16.0 Å². The van der Waals surface area contributed by atoms with Gasteiger partial charge >= 0.3 is 0 Å². The van der Waals surface area contributed by atoms with Crippen LogP contribution in [0.3, 0.4) is 0 Å². The highest BCUT2D eigenvalue weighted by molar-refractivity contribution is 5.92. The Morgan fingerprint density at radius 1 is 1.10 bits per heavy atom. The van der Waals surface area contributed by atoms with Crippen LogP contribution in [0.25, 0.3) is 0 Å². The molecule has 0 unspecified atom stereocenters. The molecule has 2 aliphatic rings. The maximum absolute atomic E-state index is 12.9. The lowest BCUT2D eigenvalue weighted by atomic mass is 9.78. The maximum Gasteiger partial charge on any atom is 0.279 e. The van der Waals surface area contributed by atoms with Gasteiger partial charge in [-0.3, -0.25) is 9.59 Å². The Balaban J connectivity index is 1.43. The van der Waals surface area contributed by atoms with E-state index in [1.165, 1.54) is 28.2 Å². The molecule has 2 amide bonds. The van der Waals surface area contributed by atoms with E-state index < -0.39 is 0 Å². The minimum Gasteiger partial charge on any atom is -0.348 e. The first-order valence-corrected chi connectivity index (χ1v) is 12.2. The van der Waals surface area contributed by atoms with Crippen molar-refractivity contribution in [1.29, 1.82) is 0 Å². The Kier molecular flexibility index (Phi) is 8.50. The van der Waals surface area contributed by atoms with E-state index >= 15 is 0 Å². The molecule has 1 aromatic rings. The van der Waals surface area contributed by atoms with E-state index in [2.05, 4.69) is 44.4 Å². The van der Waals surface area contributed by atoms with E-state index in [9.17, 15) is 9.59 Å². The summed E-state index contributed by atoms with van der Waals surface area (Å²) in [5.41, 5.74) is 2.09. The minimum absolute atomic E-state index is 0.0313. The van der Waals surface area contributed by atoms with E-state index in [1.807, 2.05) is 18.2 Å². The molecule has 1 aromatic carbocycles. The fraction of sp³-hybridized carbons (Fsp3) is 0.680. The first-order chi connectivity index (χ1) is 14.9. The van der Waals surface area contributed by atoms with Crippen molar-refractivity contribution in [2.24, 2.45) is 11.8 Å². The largest absolute Gasteiger partial charge is 0.348 e. The standard InChI is InChI=1S/C25H40N4O2/c1-5-21-10-6-7-11-23(21)26-24(30)17-28-13-15-29(16-14-28)20(4)25(31)27-22-12-8-9-18(2)19(22)3/h6-7,10-11,18-20,22H,5,8-9,12-17H2,1-4H3,(H,26,30)(H,27,31)/p+2/t18-,19-,20-,22-/m0/s1. The number of carbonyl (C=O) groups excluding carboxylic acids is 2. The zero-order valence-corrected chi connectivity index (χ0v) is 19.8. The van der Waals surface area contributed by atoms with Crippen LogP contribution >= 0.6 is 0 Å². The van der Waals surface area contributed by atoms with Gasteiger partial charge in [0.15, 0.2) is 12.6 Å². The molecule has 6 heteroatoms. The number of quaternary nitrogens is 2. The normalized spacial score (nSPS) is 29.7. The summed E-state index contributed by atoms with van der Waals surface area (Å²) in [6, 6.07) is 8.30. The van der Waals surface area contributed by atoms with Crippen LogP contribution in [0.5, 0.6) is 0 Å². The molecule has 2 fully saturated rings. The maximum atomic E-state index is 12.9. The van der Waals surface area contributed by atoms with Crippen molar-refractivity contribution in [3.8, 4) is 0 Å². The molecule has 3 rings (SSSR count). The van der Waals surface area contributed by atoms with Crippen molar-refractivity contribution < 1.29 is 19.4 Å². The second-order valence-corrected chi connectivity index (χ2v) is 9.75. The lowest BCUT2D eigenvalue weighted by Crippen LogP contribution is -3.30. The molecule has 0 spiro atoms. The van der Waals surface area contributed by atoms with Crippen molar-refractivity contribution in [3.05, 3.63) is 29.8 Å². The smallest absolute Gasteiger partial charge is 0.279 e. The molecule has 4 atom stereocenters. The Morgan fingerprint density at radius 3 is 2.52 bits per heavy atom. The molecule has 4 N–H and O–H groups in total. The number of carbonyl (C=O) groups is 2. The van der Waals surface area contributed by atoms with Gasteiger partial charge in [-0.25, -0.2) is 0 Å². The highest BCUT2D eigenvalue weighted by atomic mass is 16.2. The summed E-state index contributed by atoms with van der Waals surface area (Å²) in [7, 11) is 0. The number of nitrogens with one attached hydrogen (secondary N) is 4. The van der Waals surface area contributed by atoms with Gasteiger partial charge in [0, 0.05) is 11.7 Å². The third-order valence-electron chi connectivity index (χ3n) is 7.72. The van der Waals surface area contributed by atoms with Crippen molar-refractivity contribution in [2.45, 2.75) is 65.5 Å². The summed E-state index contributed by atoms with van der Waals surface area (Å²) in [5, 5.41) is 6.43. The van der Waals surface area contributed by atoms with Gasteiger partial charge in [0.2, 0.25) is 0 Å². The first-order valence-electron chi connectivity index (χ1n) is 12.2. The van der Waals surface area contributed by atoms with E-state index in [0.717, 1.165) is 44.7 Å². The number of amides is 2. The topological polar surface area (TPSA) is 67.1 Å². The van der Waals surface area contributed by atoms with Gasteiger partial charge in [-0.1, -0.05) is 51.8 Å². The van der Waals surface area contributed by atoms with Gasteiger partial charge in [0.1, 0.15) is 26.2 Å². The Morgan fingerprint density at radius 2 is 1.81 bits per heavy atom. The molecule has 1 saturated heterocycles. The average molecular weight is 431 g/mol. The number of hydrogen-bond acceptors (Lipinski definition) is 2. The Bertz CT molecular complexity index is 745. The molecular formula is C25H42N4O2+2. The van der Waals surface area contributed by atoms with Crippen LogP contribution in [-0.4, -0.2) is 56.6 Å². The van der Waals surface area contributed by atoms with Crippen LogP contribution in [0.1, 0.15) is 52.5 Å². The second kappa shape index (κ2) is 11.1. The summed E-state index contributed by atoms with van der Waals surface area (Å²) in [5.74, 6) is 1.51. The molecule has 6 nitrogen and oxygen atoms in total. The van der Waals surface area contributed by atoms with Crippen LogP contribution < -0.4 is 20.4 Å². The molecule has 31 heavy (non-hydrogen) atoms. The van der Waals surface area contributed by atoms with Crippen LogP contribution in [0, 0.1) is 11.8 Å². The Hall–Kier alpha value is -1.92. The summed E-state index contributed by atoms with van der Waals surface area (Å²) < 4.78 is 0. The van der Waals surface area contributed by atoms with Crippen LogP contribution in [0.2, 0.25) is 0 Å². The lowest BCUT2D eigenvalue weighted by molar-refractivity contribution is -1.01. The molecule has 1 heterocycles. The molecule has 1 aliphatic heterocycles. The second-order valence-electron chi connectivity index (χ2n) is 9.75. The molecule has 0 radical (unpaired) electrons. The number of anilines is 1. The van der Waals surface area contributed by atoms with Gasteiger partial charge in [-0.05, 0) is 43.2 Å². The monoisotopic (exact) mass is 430 g/mol. The predicted octanol–water partition coefficient (Wildman–Crippen LogP) is 0.300. The zero-order valence-electron chi connectivity index (χ0n) is 19.8. The molecule has 172 valence electrons. The van der Waals surface area contributed by atoms with E-state index in [0.29, 0.717) is 24.4 Å². The fourth-order valence-corrected chi connectivity index (χ4v) is 5.19. The number of aryl methyl sites for hydroxylation is 1. The fourth-order valence-electron chi connectivity index (χ4n) is 5.19. The number of rotatable bonds is 7. The Labute approximate surface area is 187 Å². The van der Waals surface area contributed by atoms with E-state index in [1.54, 1.807) is 0 Å². The van der Waals surface area contributed by atoms with E-state index in [-0.39, 0.29) is 17.9 Å². The number of para-hydroxylation sites is 1. The van der Waals surface area contributed by atoms with Crippen molar-refractivity contribution in [2.75, 3.05) is 38.0 Å². The van der Waals surface area contributed by atoms with Crippen LogP contribution in [0.15, 0.2) is 24.3 Å². The average Bonchev–Trinajstić information content (AvgIpc) is 2.77. The van der Waals surface area contributed by atoms with Gasteiger partial charge in [-0.15, -0.1) is 0 Å². The summed E-state index contributed by atoms with van der Waals surface area (Å²) >= 11 is 0. The predicted molar refractivity (Wildman–Crippen MR) is 124 cm³/mol. The number of piperazine rings is 1.